The van der Waals surface area contributed by atoms with E-state index in [1.54, 1.807) is 18.2 Å². The minimum Gasteiger partial charge on any atom is -0.454 e. The number of ether oxygens (including phenoxy) is 2. The van der Waals surface area contributed by atoms with E-state index in [2.05, 4.69) is 5.32 Å². The molecule has 0 bridgehead atoms. The molecule has 2 N–H and O–H groups in total. The van der Waals surface area contributed by atoms with Crippen LogP contribution in [0.25, 0.3) is 0 Å². The van der Waals surface area contributed by atoms with Crippen LogP contribution in [0.5, 0.6) is 11.5 Å². The number of halogens is 3. The average Bonchev–Trinajstić information content (AvgIpc) is 2.82. The first-order valence-corrected chi connectivity index (χ1v) is 5.86. The maximum atomic E-state index is 12.0. The molecule has 0 fully saturated rings. The maximum Gasteiger partial charge on any atom is 0.405 e. The average molecular weight is 290 g/mol. The quantitative estimate of drug-likeness (QED) is 0.889. The first kappa shape index (κ1) is 14.3. The lowest BCUT2D eigenvalue weighted by molar-refractivity contribution is -0.138. The molecule has 0 spiro atoms. The number of carbonyl (C=O) groups is 1. The summed E-state index contributed by atoms with van der Waals surface area (Å²) in [6, 6.07) is 4.12. The topological polar surface area (TPSA) is 59.6 Å². The van der Waals surface area contributed by atoms with Gasteiger partial charge in [0.2, 0.25) is 12.7 Å². The molecule has 20 heavy (non-hydrogen) atoms. The number of amides is 1. The van der Waals surface area contributed by atoms with Gasteiger partial charge in [-0.25, -0.2) is 0 Å². The van der Waals surface area contributed by atoms with Crippen LogP contribution in [0.2, 0.25) is 0 Å². The second-order valence-electron chi connectivity index (χ2n) is 4.27. The van der Waals surface area contributed by atoms with Gasteiger partial charge in [-0.2, -0.15) is 13.2 Å². The Morgan fingerprint density at radius 3 is 2.75 bits per heavy atom. The molecule has 1 aromatic rings. The fourth-order valence-electron chi connectivity index (χ4n) is 1.64. The Morgan fingerprint density at radius 2 is 2.05 bits per heavy atom. The largest absolute Gasteiger partial charge is 0.454 e. The van der Waals surface area contributed by atoms with Gasteiger partial charge in [0.1, 0.15) is 12.6 Å². The van der Waals surface area contributed by atoms with Gasteiger partial charge in [-0.1, -0.05) is 0 Å². The molecule has 1 unspecified atom stereocenters. The van der Waals surface area contributed by atoms with Crippen molar-refractivity contribution in [2.75, 3.05) is 18.7 Å². The molecular formula is C12H13F3N2O3. The number of alkyl halides is 3. The molecule has 0 saturated carbocycles. The number of nitrogens with one attached hydrogen (secondary N) is 2. The Balaban J connectivity index is 1.90. The summed E-state index contributed by atoms with van der Waals surface area (Å²) in [6.07, 6.45) is -4.42. The van der Waals surface area contributed by atoms with Crippen molar-refractivity contribution in [2.45, 2.75) is 19.1 Å². The SMILES string of the molecule is CC(Nc1ccc2c(c1)OCO2)C(=O)NCC(F)(F)F. The predicted octanol–water partition coefficient (Wildman–Crippen LogP) is 1.89. The van der Waals surface area contributed by atoms with E-state index >= 15 is 0 Å². The molecule has 1 aliphatic rings. The second kappa shape index (κ2) is 5.48. The number of benzene rings is 1. The minimum atomic E-state index is -4.42. The van der Waals surface area contributed by atoms with Crippen molar-refractivity contribution in [3.05, 3.63) is 18.2 Å². The van der Waals surface area contributed by atoms with E-state index in [0.29, 0.717) is 17.2 Å². The summed E-state index contributed by atoms with van der Waals surface area (Å²) in [5.41, 5.74) is 0.559. The van der Waals surface area contributed by atoms with Crippen LogP contribution in [-0.4, -0.2) is 31.5 Å². The van der Waals surface area contributed by atoms with Crippen LogP contribution in [0.15, 0.2) is 18.2 Å². The van der Waals surface area contributed by atoms with Gasteiger partial charge in [0.05, 0.1) is 0 Å². The van der Waals surface area contributed by atoms with Crippen LogP contribution < -0.4 is 20.1 Å². The van der Waals surface area contributed by atoms with Crippen LogP contribution >= 0.6 is 0 Å². The zero-order chi connectivity index (χ0) is 14.8. The summed E-state index contributed by atoms with van der Waals surface area (Å²) >= 11 is 0. The summed E-state index contributed by atoms with van der Waals surface area (Å²) in [4.78, 5) is 11.5. The molecule has 0 radical (unpaired) electrons. The minimum absolute atomic E-state index is 0.125. The van der Waals surface area contributed by atoms with Gasteiger partial charge in [0.15, 0.2) is 11.5 Å². The smallest absolute Gasteiger partial charge is 0.405 e. The lowest BCUT2D eigenvalue weighted by Gasteiger charge is -2.16. The van der Waals surface area contributed by atoms with E-state index in [1.165, 1.54) is 6.92 Å². The fourth-order valence-corrected chi connectivity index (χ4v) is 1.64. The standard InChI is InChI=1S/C12H13F3N2O3/c1-7(11(18)16-5-12(13,14)15)17-8-2-3-9-10(4-8)20-6-19-9/h2-4,7,17H,5-6H2,1H3,(H,16,18). The molecule has 1 aromatic carbocycles. The highest BCUT2D eigenvalue weighted by Gasteiger charge is 2.28. The van der Waals surface area contributed by atoms with Crippen molar-refractivity contribution in [2.24, 2.45) is 0 Å². The van der Waals surface area contributed by atoms with Crippen LogP contribution in [0.3, 0.4) is 0 Å². The van der Waals surface area contributed by atoms with E-state index in [9.17, 15) is 18.0 Å². The third-order valence-corrected chi connectivity index (χ3v) is 2.61. The molecule has 110 valence electrons. The number of rotatable bonds is 4. The Kier molecular flexibility index (Phi) is 3.91. The van der Waals surface area contributed by atoms with Crippen molar-refractivity contribution in [1.29, 1.82) is 0 Å². The molecule has 0 aromatic heterocycles. The van der Waals surface area contributed by atoms with Crippen LogP contribution in [0.1, 0.15) is 6.92 Å². The molecule has 1 amide bonds. The highest BCUT2D eigenvalue weighted by atomic mass is 19.4. The Hall–Kier alpha value is -2.12. The van der Waals surface area contributed by atoms with E-state index in [-0.39, 0.29) is 6.79 Å². The lowest BCUT2D eigenvalue weighted by Crippen LogP contribution is -2.42. The van der Waals surface area contributed by atoms with Crippen LogP contribution in [-0.2, 0) is 4.79 Å². The van der Waals surface area contributed by atoms with Gasteiger partial charge in [0, 0.05) is 11.8 Å². The summed E-state index contributed by atoms with van der Waals surface area (Å²) in [5, 5.41) is 4.61. The molecule has 1 atom stereocenters. The number of carbonyl (C=O) groups excluding carboxylic acids is 1. The summed E-state index contributed by atoms with van der Waals surface area (Å²) in [5.74, 6) is 0.377. The summed E-state index contributed by atoms with van der Waals surface area (Å²) < 4.78 is 46.3. The Morgan fingerprint density at radius 1 is 1.35 bits per heavy atom. The molecule has 1 aliphatic heterocycles. The maximum absolute atomic E-state index is 12.0. The third-order valence-electron chi connectivity index (χ3n) is 2.61. The second-order valence-corrected chi connectivity index (χ2v) is 4.27. The zero-order valence-electron chi connectivity index (χ0n) is 10.6. The van der Waals surface area contributed by atoms with Crippen LogP contribution in [0.4, 0.5) is 18.9 Å². The van der Waals surface area contributed by atoms with Crippen molar-refractivity contribution >= 4 is 11.6 Å². The summed E-state index contributed by atoms with van der Waals surface area (Å²) in [6.45, 7) is 0.246. The fraction of sp³-hybridized carbons (Fsp3) is 0.417. The van der Waals surface area contributed by atoms with Gasteiger partial charge >= 0.3 is 6.18 Å². The van der Waals surface area contributed by atoms with Crippen molar-refractivity contribution in [1.82, 2.24) is 5.32 Å². The van der Waals surface area contributed by atoms with Gasteiger partial charge in [0.25, 0.3) is 0 Å². The first-order valence-electron chi connectivity index (χ1n) is 5.86. The molecular weight excluding hydrogens is 277 g/mol. The van der Waals surface area contributed by atoms with E-state index in [1.807, 2.05) is 5.32 Å². The van der Waals surface area contributed by atoms with Gasteiger partial charge < -0.3 is 20.1 Å². The Bertz CT molecular complexity index is 505. The van der Waals surface area contributed by atoms with Gasteiger partial charge in [-0.3, -0.25) is 4.79 Å². The monoisotopic (exact) mass is 290 g/mol. The number of anilines is 1. The number of hydrogen-bond donors (Lipinski definition) is 2. The molecule has 0 aliphatic carbocycles. The molecule has 1 heterocycles. The predicted molar refractivity (Wildman–Crippen MR) is 64.7 cm³/mol. The van der Waals surface area contributed by atoms with E-state index in [4.69, 9.17) is 9.47 Å². The Labute approximate surface area is 113 Å². The van der Waals surface area contributed by atoms with Crippen molar-refractivity contribution in [3.63, 3.8) is 0 Å². The van der Waals surface area contributed by atoms with Gasteiger partial charge in [-0.15, -0.1) is 0 Å². The zero-order valence-corrected chi connectivity index (χ0v) is 10.6. The van der Waals surface area contributed by atoms with E-state index in [0.717, 1.165) is 0 Å². The lowest BCUT2D eigenvalue weighted by atomic mass is 10.2. The third kappa shape index (κ3) is 3.69. The molecule has 8 heteroatoms. The van der Waals surface area contributed by atoms with E-state index < -0.39 is 24.7 Å². The highest BCUT2D eigenvalue weighted by molar-refractivity contribution is 5.84. The van der Waals surface area contributed by atoms with Gasteiger partial charge in [-0.05, 0) is 19.1 Å². The highest BCUT2D eigenvalue weighted by Crippen LogP contribution is 2.34. The number of hydrogen-bond acceptors (Lipinski definition) is 4. The van der Waals surface area contributed by atoms with Crippen molar-refractivity contribution < 1.29 is 27.4 Å². The number of fused-ring (bicyclic) bond motifs is 1. The van der Waals surface area contributed by atoms with Crippen molar-refractivity contribution in [3.8, 4) is 11.5 Å². The molecule has 0 saturated heterocycles. The van der Waals surface area contributed by atoms with Crippen LogP contribution in [0, 0.1) is 0 Å². The normalized spacial score (nSPS) is 14.8. The molecule has 2 rings (SSSR count). The summed E-state index contributed by atoms with van der Waals surface area (Å²) in [7, 11) is 0. The first-order chi connectivity index (χ1) is 9.35. The molecule has 5 nitrogen and oxygen atoms in total.